The van der Waals surface area contributed by atoms with Crippen molar-refractivity contribution in [2.24, 2.45) is 11.8 Å². The van der Waals surface area contributed by atoms with E-state index in [0.717, 1.165) is 0 Å². The molecule has 0 aliphatic carbocycles. The standard InChI is InChI=1S/C39H48BrN3O8/c1-6-8-16-30(45)41(4)25(3)33(26-14-10-9-11-15-26)50-38(48)31-32-36(46)43(22-12-13-23-44)35(39(32)24-29(40)34(31)51-39)37(47)42(21-7-2)27-17-19-28(49-5)20-18-27/h6-7,9-11,14-15,17-20,25,29,31-35,44H,1-2,8,12-13,16,21-24H2,3-5H3/t25-,29?,31-,32+,33+,34-,35-,39+/m1/s1. The minimum Gasteiger partial charge on any atom is -0.497 e. The van der Waals surface area contributed by atoms with Crippen LogP contribution in [0.2, 0.25) is 0 Å². The zero-order valence-electron chi connectivity index (χ0n) is 29.5. The van der Waals surface area contributed by atoms with Crippen LogP contribution in [-0.2, 0) is 28.7 Å². The third kappa shape index (κ3) is 7.36. The number of halogens is 1. The molecular formula is C39H48BrN3O8. The molecule has 1 unspecified atom stereocenters. The van der Waals surface area contributed by atoms with Crippen LogP contribution in [0, 0.1) is 11.8 Å². The van der Waals surface area contributed by atoms with Gasteiger partial charge in [0.25, 0.3) is 5.91 Å². The van der Waals surface area contributed by atoms with E-state index in [9.17, 15) is 24.3 Å². The van der Waals surface area contributed by atoms with Crippen LogP contribution in [0.3, 0.4) is 0 Å². The van der Waals surface area contributed by atoms with Crippen molar-refractivity contribution < 1.29 is 38.5 Å². The van der Waals surface area contributed by atoms with E-state index in [-0.39, 0.29) is 48.7 Å². The first kappa shape index (κ1) is 38.2. The molecule has 3 aliphatic rings. The number of benzene rings is 2. The molecule has 2 aromatic carbocycles. The Hall–Kier alpha value is -4.00. The summed E-state index contributed by atoms with van der Waals surface area (Å²) in [6.45, 7) is 9.71. The van der Waals surface area contributed by atoms with Gasteiger partial charge in [0.2, 0.25) is 11.8 Å². The number of esters is 1. The second-order valence-corrected chi connectivity index (χ2v) is 14.6. The van der Waals surface area contributed by atoms with Crippen molar-refractivity contribution in [3.63, 3.8) is 0 Å². The van der Waals surface area contributed by atoms with Crippen LogP contribution in [-0.4, -0.2) is 101 Å². The number of alkyl halides is 1. The minimum atomic E-state index is -1.31. The molecule has 2 bridgehead atoms. The van der Waals surface area contributed by atoms with Crippen LogP contribution in [0.15, 0.2) is 79.9 Å². The number of likely N-dealkylation sites (N-methyl/N-ethyl adjacent to an activating group) is 1. The fourth-order valence-corrected chi connectivity index (χ4v) is 8.74. The van der Waals surface area contributed by atoms with Gasteiger partial charge >= 0.3 is 5.97 Å². The number of ether oxygens (including phenoxy) is 3. The van der Waals surface area contributed by atoms with Crippen LogP contribution in [0.1, 0.15) is 50.7 Å². The van der Waals surface area contributed by atoms with Gasteiger partial charge in [0.05, 0.1) is 31.1 Å². The Bertz CT molecular complexity index is 1590. The summed E-state index contributed by atoms with van der Waals surface area (Å²) in [5, 5.41) is 9.56. The van der Waals surface area contributed by atoms with Gasteiger partial charge in [0.15, 0.2) is 0 Å². The average molecular weight is 767 g/mol. The topological polar surface area (TPSA) is 126 Å². The van der Waals surface area contributed by atoms with Gasteiger partial charge in [-0.05, 0) is 62.4 Å². The first-order chi connectivity index (χ1) is 24.5. The number of hydrogen-bond donors (Lipinski definition) is 1. The lowest BCUT2D eigenvalue weighted by molar-refractivity contribution is -0.164. The molecule has 12 heteroatoms. The van der Waals surface area contributed by atoms with E-state index in [0.29, 0.717) is 42.7 Å². The number of fused-ring (bicyclic) bond motifs is 1. The largest absolute Gasteiger partial charge is 0.497 e. The average Bonchev–Trinajstić information content (AvgIpc) is 3.74. The van der Waals surface area contributed by atoms with Gasteiger partial charge in [-0.1, -0.05) is 58.4 Å². The summed E-state index contributed by atoms with van der Waals surface area (Å²) in [4.78, 5) is 61.3. The fourth-order valence-electron chi connectivity index (χ4n) is 7.80. The number of aliphatic hydroxyl groups is 1. The Morgan fingerprint density at radius 3 is 2.45 bits per heavy atom. The SMILES string of the molecule is C=CCCC(=O)N(C)[C@H](C)[C@H](OC(=O)[C@H]1[C@@H]2O[C@@]3(CC2Br)[C@@H]1C(=O)N(CCCCO)[C@@H]3C(=O)N(CC=C)c1ccc(OC)cc1)c1ccccc1. The van der Waals surface area contributed by atoms with Crippen molar-refractivity contribution >= 4 is 45.3 Å². The van der Waals surface area contributed by atoms with E-state index >= 15 is 0 Å². The van der Waals surface area contributed by atoms with Gasteiger partial charge in [-0.3, -0.25) is 19.2 Å². The molecule has 3 saturated heterocycles. The monoisotopic (exact) mass is 765 g/mol. The predicted octanol–water partition coefficient (Wildman–Crippen LogP) is 4.83. The van der Waals surface area contributed by atoms with E-state index in [1.165, 1.54) is 4.90 Å². The zero-order valence-corrected chi connectivity index (χ0v) is 31.1. The number of unbranched alkanes of at least 4 members (excludes halogenated alkanes) is 1. The molecule has 0 aromatic heterocycles. The van der Waals surface area contributed by atoms with Gasteiger partial charge in [-0.25, -0.2) is 0 Å². The molecule has 1 spiro atoms. The van der Waals surface area contributed by atoms with Crippen molar-refractivity contribution in [1.82, 2.24) is 9.80 Å². The summed E-state index contributed by atoms with van der Waals surface area (Å²) in [7, 11) is 3.25. The van der Waals surface area contributed by atoms with Gasteiger partial charge in [-0.15, -0.1) is 13.2 Å². The first-order valence-corrected chi connectivity index (χ1v) is 18.4. The van der Waals surface area contributed by atoms with Gasteiger partial charge in [0.1, 0.15) is 23.5 Å². The van der Waals surface area contributed by atoms with Crippen LogP contribution in [0.4, 0.5) is 5.69 Å². The minimum absolute atomic E-state index is 0.0652. The molecule has 5 rings (SSSR count). The number of hydrogen-bond acceptors (Lipinski definition) is 8. The lowest BCUT2D eigenvalue weighted by Gasteiger charge is -2.37. The molecule has 0 saturated carbocycles. The smallest absolute Gasteiger partial charge is 0.313 e. The van der Waals surface area contributed by atoms with Crippen LogP contribution >= 0.6 is 15.9 Å². The number of allylic oxidation sites excluding steroid dienone is 1. The van der Waals surface area contributed by atoms with Crippen LogP contribution in [0.5, 0.6) is 5.75 Å². The summed E-state index contributed by atoms with van der Waals surface area (Å²) in [5.74, 6) is -2.82. The number of amides is 3. The molecular weight excluding hydrogens is 718 g/mol. The van der Waals surface area contributed by atoms with E-state index in [4.69, 9.17) is 14.2 Å². The lowest BCUT2D eigenvalue weighted by atomic mass is 9.70. The van der Waals surface area contributed by atoms with Gasteiger partial charge in [0, 0.05) is 43.7 Å². The Balaban J connectivity index is 1.51. The third-order valence-electron chi connectivity index (χ3n) is 10.4. The summed E-state index contributed by atoms with van der Waals surface area (Å²) in [6, 6.07) is 14.7. The number of carbonyl (C=O) groups is 4. The number of aliphatic hydroxyl groups excluding tert-OH is 1. The summed E-state index contributed by atoms with van der Waals surface area (Å²) in [6.07, 6.45) is 3.74. The van der Waals surface area contributed by atoms with Crippen molar-refractivity contribution in [2.45, 2.75) is 73.7 Å². The molecule has 3 aliphatic heterocycles. The number of methoxy groups -OCH3 is 1. The highest BCUT2D eigenvalue weighted by Crippen LogP contribution is 2.60. The maximum absolute atomic E-state index is 14.8. The molecule has 51 heavy (non-hydrogen) atoms. The van der Waals surface area contributed by atoms with Gasteiger partial charge < -0.3 is 34.0 Å². The number of rotatable bonds is 17. The Morgan fingerprint density at radius 1 is 1.12 bits per heavy atom. The summed E-state index contributed by atoms with van der Waals surface area (Å²) in [5.41, 5.74) is -0.0202. The molecule has 11 nitrogen and oxygen atoms in total. The Morgan fingerprint density at radius 2 is 1.82 bits per heavy atom. The third-order valence-corrected chi connectivity index (χ3v) is 11.3. The maximum Gasteiger partial charge on any atom is 0.313 e. The maximum atomic E-state index is 14.8. The van der Waals surface area contributed by atoms with Crippen LogP contribution in [0.25, 0.3) is 0 Å². The van der Waals surface area contributed by atoms with E-state index in [1.807, 2.05) is 37.3 Å². The number of nitrogens with zero attached hydrogens (tertiary/aromatic N) is 3. The number of anilines is 1. The number of likely N-dealkylation sites (tertiary alicyclic amines) is 1. The molecule has 1 N–H and O–H groups in total. The molecule has 3 amide bonds. The molecule has 2 aromatic rings. The lowest BCUT2D eigenvalue weighted by Crippen LogP contribution is -2.57. The Labute approximate surface area is 308 Å². The Kier molecular flexibility index (Phi) is 12.4. The first-order valence-electron chi connectivity index (χ1n) is 17.5. The van der Waals surface area contributed by atoms with E-state index in [2.05, 4.69) is 29.1 Å². The van der Waals surface area contributed by atoms with Gasteiger partial charge in [-0.2, -0.15) is 0 Å². The highest BCUT2D eigenvalue weighted by atomic mass is 79.9. The van der Waals surface area contributed by atoms with Crippen LogP contribution < -0.4 is 9.64 Å². The summed E-state index contributed by atoms with van der Waals surface area (Å²) >= 11 is 3.74. The normalized spacial score (nSPS) is 25.9. The molecule has 0 radical (unpaired) electrons. The highest BCUT2D eigenvalue weighted by molar-refractivity contribution is 9.09. The molecule has 3 fully saturated rings. The second kappa shape index (κ2) is 16.6. The quantitative estimate of drug-likeness (QED) is 0.105. The van der Waals surface area contributed by atoms with E-state index < -0.39 is 47.7 Å². The predicted molar refractivity (Wildman–Crippen MR) is 196 cm³/mol. The van der Waals surface area contributed by atoms with Crippen molar-refractivity contribution in [1.29, 1.82) is 0 Å². The molecule has 3 heterocycles. The second-order valence-electron chi connectivity index (χ2n) is 13.4. The zero-order chi connectivity index (χ0) is 36.9. The van der Waals surface area contributed by atoms with Crippen molar-refractivity contribution in [3.8, 4) is 5.75 Å². The highest BCUT2D eigenvalue weighted by Gasteiger charge is 2.77. The number of carbonyl (C=O) groups excluding carboxylic acids is 4. The van der Waals surface area contributed by atoms with Crippen molar-refractivity contribution in [3.05, 3.63) is 85.5 Å². The summed E-state index contributed by atoms with van der Waals surface area (Å²) < 4.78 is 18.4. The molecule has 8 atom stereocenters. The molecule has 274 valence electrons. The van der Waals surface area contributed by atoms with E-state index in [1.54, 1.807) is 60.4 Å². The fraction of sp³-hybridized carbons (Fsp3) is 0.487. The van der Waals surface area contributed by atoms with Crippen molar-refractivity contribution in [2.75, 3.05) is 38.8 Å².